The van der Waals surface area contributed by atoms with Gasteiger partial charge in [0.2, 0.25) is 10.0 Å². The second kappa shape index (κ2) is 6.01. The van der Waals surface area contributed by atoms with Gasteiger partial charge in [-0.25, -0.2) is 8.42 Å². The molecule has 1 aliphatic rings. The summed E-state index contributed by atoms with van der Waals surface area (Å²) in [5, 5.41) is 4.26. The Hall–Kier alpha value is -1.66. The Morgan fingerprint density at radius 3 is 2.29 bits per heavy atom. The van der Waals surface area contributed by atoms with Crippen LogP contribution in [0.15, 0.2) is 41.6 Å². The number of aryl methyl sites for hydroxylation is 1. The fourth-order valence-electron chi connectivity index (χ4n) is 2.94. The minimum absolute atomic E-state index is 0.0199. The van der Waals surface area contributed by atoms with Crippen LogP contribution in [0.2, 0.25) is 0 Å². The minimum Gasteiger partial charge on any atom is -0.272 e. The van der Waals surface area contributed by atoms with Crippen molar-refractivity contribution in [3.8, 4) is 0 Å². The number of sulfonamides is 1. The third-order valence-corrected chi connectivity index (χ3v) is 6.34. The third kappa shape index (κ3) is 3.39. The SMILES string of the molecule is Cc1cnn(CC2CN(S(=O)(=O)c3ccc(C(C)(C)C)cc3)C2)c1. The minimum atomic E-state index is -3.38. The second-order valence-corrected chi connectivity index (χ2v) is 9.64. The maximum absolute atomic E-state index is 12.7. The molecule has 1 aromatic heterocycles. The maximum atomic E-state index is 12.7. The van der Waals surface area contributed by atoms with Gasteiger partial charge in [-0.1, -0.05) is 32.9 Å². The summed E-state index contributed by atoms with van der Waals surface area (Å²) < 4.78 is 28.8. The van der Waals surface area contributed by atoms with Crippen LogP contribution >= 0.6 is 0 Å². The molecule has 2 aromatic rings. The van der Waals surface area contributed by atoms with Crippen molar-refractivity contribution < 1.29 is 8.42 Å². The Morgan fingerprint density at radius 2 is 1.79 bits per heavy atom. The summed E-state index contributed by atoms with van der Waals surface area (Å²) in [4.78, 5) is 0.379. The molecule has 0 N–H and O–H groups in total. The molecular formula is C18H25N3O2S. The number of nitrogens with zero attached hydrogens (tertiary/aromatic N) is 3. The summed E-state index contributed by atoms with van der Waals surface area (Å²) in [7, 11) is -3.38. The molecule has 5 nitrogen and oxygen atoms in total. The summed E-state index contributed by atoms with van der Waals surface area (Å²) in [6.45, 7) is 10.2. The largest absolute Gasteiger partial charge is 0.272 e. The average Bonchev–Trinajstić information content (AvgIpc) is 2.87. The highest BCUT2D eigenvalue weighted by atomic mass is 32.2. The van der Waals surface area contributed by atoms with E-state index in [0.29, 0.717) is 23.9 Å². The van der Waals surface area contributed by atoms with Crippen LogP contribution in [0.3, 0.4) is 0 Å². The standard InChI is InChI=1S/C18H25N3O2S/c1-14-9-19-20(10-14)11-15-12-21(13-15)24(22,23)17-7-5-16(6-8-17)18(2,3)4/h5-10,15H,11-13H2,1-4H3. The van der Waals surface area contributed by atoms with Crippen LogP contribution in [0, 0.1) is 12.8 Å². The first-order valence-electron chi connectivity index (χ1n) is 8.26. The predicted molar refractivity (Wildman–Crippen MR) is 94.4 cm³/mol. The normalized spacial score (nSPS) is 17.0. The number of hydrogen-bond acceptors (Lipinski definition) is 3. The van der Waals surface area contributed by atoms with Crippen LogP contribution in [0.25, 0.3) is 0 Å². The van der Waals surface area contributed by atoms with Crippen molar-refractivity contribution in [2.45, 2.75) is 44.6 Å². The average molecular weight is 347 g/mol. The molecule has 0 saturated carbocycles. The Morgan fingerprint density at radius 1 is 1.17 bits per heavy atom. The molecule has 0 aliphatic carbocycles. The van der Waals surface area contributed by atoms with Gasteiger partial charge in [0.1, 0.15) is 0 Å². The van der Waals surface area contributed by atoms with E-state index < -0.39 is 10.0 Å². The quantitative estimate of drug-likeness (QED) is 0.854. The summed E-state index contributed by atoms with van der Waals surface area (Å²) in [6, 6.07) is 7.27. The van der Waals surface area contributed by atoms with Crippen molar-refractivity contribution in [1.29, 1.82) is 0 Å². The fraction of sp³-hybridized carbons (Fsp3) is 0.500. The summed E-state index contributed by atoms with van der Waals surface area (Å²) in [5.74, 6) is 0.327. The van der Waals surface area contributed by atoms with Gasteiger partial charge < -0.3 is 0 Å². The van der Waals surface area contributed by atoms with Crippen molar-refractivity contribution in [3.05, 3.63) is 47.8 Å². The molecule has 1 aromatic carbocycles. The lowest BCUT2D eigenvalue weighted by Crippen LogP contribution is -2.51. The van der Waals surface area contributed by atoms with Crippen molar-refractivity contribution in [3.63, 3.8) is 0 Å². The first-order chi connectivity index (χ1) is 11.2. The monoisotopic (exact) mass is 347 g/mol. The summed E-state index contributed by atoms with van der Waals surface area (Å²) >= 11 is 0. The topological polar surface area (TPSA) is 55.2 Å². The highest BCUT2D eigenvalue weighted by molar-refractivity contribution is 7.89. The Kier molecular flexibility index (Phi) is 4.30. The zero-order valence-corrected chi connectivity index (χ0v) is 15.5. The molecule has 0 radical (unpaired) electrons. The number of rotatable bonds is 4. The van der Waals surface area contributed by atoms with Crippen LogP contribution in [-0.4, -0.2) is 35.6 Å². The predicted octanol–water partition coefficient (Wildman–Crippen LogP) is 2.81. The summed E-state index contributed by atoms with van der Waals surface area (Å²) in [5.41, 5.74) is 2.28. The molecule has 3 rings (SSSR count). The zero-order chi connectivity index (χ0) is 17.5. The molecule has 24 heavy (non-hydrogen) atoms. The zero-order valence-electron chi connectivity index (χ0n) is 14.7. The highest BCUT2D eigenvalue weighted by Crippen LogP contribution is 2.28. The first kappa shape index (κ1) is 17.2. The van der Waals surface area contributed by atoms with Gasteiger partial charge in [-0.3, -0.25) is 4.68 Å². The van der Waals surface area contributed by atoms with Gasteiger partial charge in [0, 0.05) is 31.7 Å². The molecule has 2 heterocycles. The fourth-order valence-corrected chi connectivity index (χ4v) is 4.53. The maximum Gasteiger partial charge on any atom is 0.243 e. The van der Waals surface area contributed by atoms with Crippen molar-refractivity contribution in [2.24, 2.45) is 5.92 Å². The van der Waals surface area contributed by atoms with Crippen molar-refractivity contribution in [2.75, 3.05) is 13.1 Å². The molecule has 0 amide bonds. The van der Waals surface area contributed by atoms with Crippen LogP contribution in [0.1, 0.15) is 31.9 Å². The van der Waals surface area contributed by atoms with Gasteiger partial charge in [0.25, 0.3) is 0 Å². The van der Waals surface area contributed by atoms with Gasteiger partial charge in [0.05, 0.1) is 11.1 Å². The Labute approximate surface area is 144 Å². The van der Waals surface area contributed by atoms with Gasteiger partial charge in [0.15, 0.2) is 0 Å². The van der Waals surface area contributed by atoms with Gasteiger partial charge in [-0.05, 0) is 35.6 Å². The molecule has 0 bridgehead atoms. The Bertz CT molecular complexity index is 811. The third-order valence-electron chi connectivity index (χ3n) is 4.49. The van der Waals surface area contributed by atoms with E-state index in [-0.39, 0.29) is 5.41 Å². The molecule has 0 atom stereocenters. The van der Waals surface area contributed by atoms with Crippen LogP contribution in [-0.2, 0) is 22.0 Å². The molecule has 1 fully saturated rings. The van der Waals surface area contributed by atoms with E-state index in [0.717, 1.165) is 17.7 Å². The van der Waals surface area contributed by atoms with E-state index in [4.69, 9.17) is 0 Å². The van der Waals surface area contributed by atoms with Crippen LogP contribution < -0.4 is 0 Å². The Balaban J connectivity index is 1.65. The van der Waals surface area contributed by atoms with Gasteiger partial charge in [-0.2, -0.15) is 9.40 Å². The lowest BCUT2D eigenvalue weighted by molar-refractivity contribution is 0.175. The van der Waals surface area contributed by atoms with E-state index in [9.17, 15) is 8.42 Å². The van der Waals surface area contributed by atoms with E-state index in [1.54, 1.807) is 16.4 Å². The van der Waals surface area contributed by atoms with Crippen LogP contribution in [0.4, 0.5) is 0 Å². The number of aromatic nitrogens is 2. The molecule has 0 spiro atoms. The van der Waals surface area contributed by atoms with E-state index in [1.807, 2.05) is 36.1 Å². The van der Waals surface area contributed by atoms with Crippen molar-refractivity contribution in [1.82, 2.24) is 14.1 Å². The van der Waals surface area contributed by atoms with Gasteiger partial charge in [-0.15, -0.1) is 0 Å². The lowest BCUT2D eigenvalue weighted by Gasteiger charge is -2.38. The second-order valence-electron chi connectivity index (χ2n) is 7.70. The molecule has 130 valence electrons. The van der Waals surface area contributed by atoms with Crippen molar-refractivity contribution >= 4 is 10.0 Å². The van der Waals surface area contributed by atoms with Crippen LogP contribution in [0.5, 0.6) is 0 Å². The molecule has 1 aliphatic heterocycles. The first-order valence-corrected chi connectivity index (χ1v) is 9.70. The van der Waals surface area contributed by atoms with Gasteiger partial charge >= 0.3 is 0 Å². The van der Waals surface area contributed by atoms with E-state index >= 15 is 0 Å². The van der Waals surface area contributed by atoms with E-state index in [2.05, 4.69) is 25.9 Å². The molecule has 1 saturated heterocycles. The number of hydrogen-bond donors (Lipinski definition) is 0. The molecule has 6 heteroatoms. The lowest BCUT2D eigenvalue weighted by atomic mass is 9.87. The number of benzene rings is 1. The molecule has 0 unspecified atom stereocenters. The summed E-state index contributed by atoms with van der Waals surface area (Å²) in [6.07, 6.45) is 3.81. The molecular weight excluding hydrogens is 322 g/mol. The highest BCUT2D eigenvalue weighted by Gasteiger charge is 2.36. The van der Waals surface area contributed by atoms with E-state index in [1.165, 1.54) is 0 Å². The smallest absolute Gasteiger partial charge is 0.243 e.